The standard InChI is InChI=1S/C16H28N2/c1-12-8-9-14(10-15(12)18(6)7)17-11-13(2)16(3,4)5/h8-10,13,17H,11H2,1-7H3. The van der Waals surface area contributed by atoms with Gasteiger partial charge in [0, 0.05) is 32.0 Å². The maximum absolute atomic E-state index is 3.55. The van der Waals surface area contributed by atoms with Crippen molar-refractivity contribution in [1.82, 2.24) is 0 Å². The molecule has 0 radical (unpaired) electrons. The van der Waals surface area contributed by atoms with E-state index in [9.17, 15) is 0 Å². The lowest BCUT2D eigenvalue weighted by atomic mass is 9.82. The number of anilines is 2. The van der Waals surface area contributed by atoms with Crippen LogP contribution < -0.4 is 10.2 Å². The van der Waals surface area contributed by atoms with E-state index in [1.54, 1.807) is 0 Å². The van der Waals surface area contributed by atoms with Gasteiger partial charge in [-0.2, -0.15) is 0 Å². The number of hydrogen-bond donors (Lipinski definition) is 1. The molecule has 0 aliphatic carbocycles. The van der Waals surface area contributed by atoms with Gasteiger partial charge in [-0.1, -0.05) is 33.8 Å². The highest BCUT2D eigenvalue weighted by Crippen LogP contribution is 2.27. The summed E-state index contributed by atoms with van der Waals surface area (Å²) in [5.41, 5.74) is 4.15. The summed E-state index contributed by atoms with van der Waals surface area (Å²) >= 11 is 0. The normalized spacial score (nSPS) is 13.3. The summed E-state index contributed by atoms with van der Waals surface area (Å²) in [6.07, 6.45) is 0. The minimum atomic E-state index is 0.349. The number of aryl methyl sites for hydroxylation is 1. The number of nitrogens with one attached hydrogen (secondary N) is 1. The van der Waals surface area contributed by atoms with Crippen LogP contribution in [0.4, 0.5) is 11.4 Å². The predicted octanol–water partition coefficient (Wildman–Crippen LogP) is 4.16. The lowest BCUT2D eigenvalue weighted by Gasteiger charge is -2.28. The monoisotopic (exact) mass is 248 g/mol. The molecule has 0 aromatic heterocycles. The van der Waals surface area contributed by atoms with Gasteiger partial charge in [0.2, 0.25) is 0 Å². The van der Waals surface area contributed by atoms with Crippen molar-refractivity contribution in [3.05, 3.63) is 23.8 Å². The first-order valence-electron chi connectivity index (χ1n) is 6.73. The van der Waals surface area contributed by atoms with Gasteiger partial charge >= 0.3 is 0 Å². The van der Waals surface area contributed by atoms with Crippen LogP contribution in [0.1, 0.15) is 33.3 Å². The first-order chi connectivity index (χ1) is 8.21. The molecule has 0 amide bonds. The first kappa shape index (κ1) is 14.9. The minimum absolute atomic E-state index is 0.349. The molecule has 1 aromatic rings. The molecular formula is C16H28N2. The highest BCUT2D eigenvalue weighted by atomic mass is 15.1. The Morgan fingerprint density at radius 1 is 1.22 bits per heavy atom. The molecule has 0 aliphatic heterocycles. The van der Waals surface area contributed by atoms with Crippen LogP contribution in [0.3, 0.4) is 0 Å². The van der Waals surface area contributed by atoms with Crippen LogP contribution in [-0.2, 0) is 0 Å². The number of rotatable bonds is 4. The number of benzene rings is 1. The van der Waals surface area contributed by atoms with Crippen molar-refractivity contribution in [2.24, 2.45) is 11.3 Å². The fourth-order valence-electron chi connectivity index (χ4n) is 1.78. The van der Waals surface area contributed by atoms with Crippen molar-refractivity contribution in [3.63, 3.8) is 0 Å². The Labute approximate surface area is 112 Å². The van der Waals surface area contributed by atoms with Gasteiger partial charge in [-0.25, -0.2) is 0 Å². The van der Waals surface area contributed by atoms with Crippen LogP contribution in [-0.4, -0.2) is 20.6 Å². The van der Waals surface area contributed by atoms with Gasteiger partial charge in [0.25, 0.3) is 0 Å². The molecule has 0 saturated carbocycles. The fourth-order valence-corrected chi connectivity index (χ4v) is 1.78. The Kier molecular flexibility index (Phi) is 4.66. The van der Waals surface area contributed by atoms with E-state index >= 15 is 0 Å². The largest absolute Gasteiger partial charge is 0.385 e. The maximum Gasteiger partial charge on any atom is 0.0411 e. The van der Waals surface area contributed by atoms with Crippen molar-refractivity contribution in [1.29, 1.82) is 0 Å². The van der Waals surface area contributed by atoms with E-state index in [0.717, 1.165) is 6.54 Å². The molecule has 1 rings (SSSR count). The first-order valence-corrected chi connectivity index (χ1v) is 6.73. The molecule has 1 N–H and O–H groups in total. The van der Waals surface area contributed by atoms with Crippen molar-refractivity contribution in [2.75, 3.05) is 30.9 Å². The van der Waals surface area contributed by atoms with Gasteiger partial charge in [-0.3, -0.25) is 0 Å². The molecule has 1 unspecified atom stereocenters. The molecule has 0 bridgehead atoms. The van der Waals surface area contributed by atoms with Crippen LogP contribution in [0, 0.1) is 18.3 Å². The van der Waals surface area contributed by atoms with Crippen LogP contribution in [0.25, 0.3) is 0 Å². The summed E-state index contributed by atoms with van der Waals surface area (Å²) in [5.74, 6) is 0.640. The molecule has 18 heavy (non-hydrogen) atoms. The lowest BCUT2D eigenvalue weighted by molar-refractivity contribution is 0.274. The topological polar surface area (TPSA) is 15.3 Å². The average Bonchev–Trinajstić information content (AvgIpc) is 2.25. The highest BCUT2D eigenvalue weighted by Gasteiger charge is 2.19. The zero-order valence-corrected chi connectivity index (χ0v) is 13.0. The third-order valence-corrected chi connectivity index (χ3v) is 3.78. The Morgan fingerprint density at radius 2 is 1.83 bits per heavy atom. The Morgan fingerprint density at radius 3 is 2.33 bits per heavy atom. The van der Waals surface area contributed by atoms with E-state index in [-0.39, 0.29) is 0 Å². The second-order valence-electron chi connectivity index (χ2n) is 6.54. The van der Waals surface area contributed by atoms with E-state index in [1.165, 1.54) is 16.9 Å². The van der Waals surface area contributed by atoms with Crippen molar-refractivity contribution < 1.29 is 0 Å². The molecular weight excluding hydrogens is 220 g/mol. The summed E-state index contributed by atoms with van der Waals surface area (Å²) in [6.45, 7) is 12.3. The Balaban J connectivity index is 2.72. The molecule has 0 fully saturated rings. The minimum Gasteiger partial charge on any atom is -0.385 e. The van der Waals surface area contributed by atoms with E-state index < -0.39 is 0 Å². The molecule has 0 spiro atoms. The second-order valence-corrected chi connectivity index (χ2v) is 6.54. The predicted molar refractivity (Wildman–Crippen MR) is 82.6 cm³/mol. The molecule has 2 heteroatoms. The molecule has 1 aromatic carbocycles. The maximum atomic E-state index is 3.55. The van der Waals surface area contributed by atoms with Crippen molar-refractivity contribution in [2.45, 2.75) is 34.6 Å². The van der Waals surface area contributed by atoms with E-state index in [4.69, 9.17) is 0 Å². The highest BCUT2D eigenvalue weighted by molar-refractivity contribution is 5.61. The smallest absolute Gasteiger partial charge is 0.0411 e. The van der Waals surface area contributed by atoms with Crippen molar-refractivity contribution >= 4 is 11.4 Å². The van der Waals surface area contributed by atoms with Crippen LogP contribution in [0.2, 0.25) is 0 Å². The summed E-state index contributed by atoms with van der Waals surface area (Å²) in [7, 11) is 4.17. The van der Waals surface area contributed by atoms with E-state index in [0.29, 0.717) is 11.3 Å². The van der Waals surface area contributed by atoms with Crippen LogP contribution in [0.15, 0.2) is 18.2 Å². The third kappa shape index (κ3) is 3.94. The molecule has 2 nitrogen and oxygen atoms in total. The summed E-state index contributed by atoms with van der Waals surface area (Å²) < 4.78 is 0. The molecule has 0 heterocycles. The zero-order chi connectivity index (χ0) is 13.9. The quantitative estimate of drug-likeness (QED) is 0.861. The molecule has 0 aliphatic rings. The second kappa shape index (κ2) is 5.64. The Hall–Kier alpha value is -1.18. The van der Waals surface area contributed by atoms with Crippen LogP contribution >= 0.6 is 0 Å². The molecule has 1 atom stereocenters. The third-order valence-electron chi connectivity index (χ3n) is 3.78. The van der Waals surface area contributed by atoms with E-state index in [1.807, 2.05) is 0 Å². The zero-order valence-electron chi connectivity index (χ0n) is 13.0. The summed E-state index contributed by atoms with van der Waals surface area (Å²) in [5, 5.41) is 3.55. The van der Waals surface area contributed by atoms with Gasteiger partial charge in [-0.05, 0) is 36.0 Å². The SMILES string of the molecule is Cc1ccc(NCC(C)C(C)(C)C)cc1N(C)C. The van der Waals surface area contributed by atoms with Gasteiger partial charge in [0.05, 0.1) is 0 Å². The molecule has 102 valence electrons. The van der Waals surface area contributed by atoms with Gasteiger partial charge < -0.3 is 10.2 Å². The average molecular weight is 248 g/mol. The van der Waals surface area contributed by atoms with E-state index in [2.05, 4.69) is 77.1 Å². The summed E-state index contributed by atoms with van der Waals surface area (Å²) in [4.78, 5) is 2.16. The lowest BCUT2D eigenvalue weighted by Crippen LogP contribution is -2.24. The van der Waals surface area contributed by atoms with Crippen LogP contribution in [0.5, 0.6) is 0 Å². The fraction of sp³-hybridized carbons (Fsp3) is 0.625. The number of nitrogens with zero attached hydrogens (tertiary/aromatic N) is 1. The van der Waals surface area contributed by atoms with Gasteiger partial charge in [0.1, 0.15) is 0 Å². The number of hydrogen-bond acceptors (Lipinski definition) is 2. The van der Waals surface area contributed by atoms with Gasteiger partial charge in [0.15, 0.2) is 0 Å². The molecule has 0 saturated heterocycles. The van der Waals surface area contributed by atoms with Crippen molar-refractivity contribution in [3.8, 4) is 0 Å². The van der Waals surface area contributed by atoms with Gasteiger partial charge in [-0.15, -0.1) is 0 Å². The Bertz CT molecular complexity index is 389. The summed E-state index contributed by atoms with van der Waals surface area (Å²) in [6, 6.07) is 6.57.